The van der Waals surface area contributed by atoms with Crippen molar-refractivity contribution < 1.29 is 0 Å². The van der Waals surface area contributed by atoms with Gasteiger partial charge >= 0.3 is 0 Å². The number of allylic oxidation sites excluding steroid dienone is 7. The predicted octanol–water partition coefficient (Wildman–Crippen LogP) is 15.2. The Labute approximate surface area is 347 Å². The molecule has 0 saturated heterocycles. The van der Waals surface area contributed by atoms with Crippen LogP contribution in [0, 0.1) is 0 Å². The van der Waals surface area contributed by atoms with Gasteiger partial charge in [-0.2, -0.15) is 0 Å². The first kappa shape index (κ1) is 36.1. The Kier molecular flexibility index (Phi) is 9.52. The smallest absolute Gasteiger partial charge is 0.0629 e. The van der Waals surface area contributed by atoms with Crippen LogP contribution in [0.1, 0.15) is 42.5 Å². The van der Waals surface area contributed by atoms with Crippen molar-refractivity contribution >= 4 is 74.3 Å². The molecule has 0 N–H and O–H groups in total. The fraction of sp³-hybridized carbons (Fsp3) is 0.0909. The minimum absolute atomic E-state index is 0.234. The van der Waals surface area contributed by atoms with Gasteiger partial charge in [0, 0.05) is 68.1 Å². The molecule has 0 spiro atoms. The molecule has 7 aromatic rings. The van der Waals surface area contributed by atoms with Crippen molar-refractivity contribution in [3.8, 4) is 0 Å². The van der Waals surface area contributed by atoms with Gasteiger partial charge in [-0.3, -0.25) is 0 Å². The Hall–Kier alpha value is -7.30. The summed E-state index contributed by atoms with van der Waals surface area (Å²) in [4.78, 5) is 7.22. The van der Waals surface area contributed by atoms with Gasteiger partial charge < -0.3 is 19.3 Å². The Morgan fingerprint density at radius 2 is 1.22 bits per heavy atom. The molecule has 286 valence electrons. The van der Waals surface area contributed by atoms with E-state index in [-0.39, 0.29) is 12.0 Å². The molecule has 0 saturated carbocycles. The monoisotopic (exact) mass is 762 g/mol. The summed E-state index contributed by atoms with van der Waals surface area (Å²) >= 11 is 0. The minimum atomic E-state index is 0.234. The minimum Gasteiger partial charge on any atom is -0.333 e. The maximum absolute atomic E-state index is 4.30. The third-order valence-corrected chi connectivity index (χ3v) is 11.8. The number of rotatable bonds is 10. The summed E-state index contributed by atoms with van der Waals surface area (Å²) in [6, 6.07) is 55.2. The van der Waals surface area contributed by atoms with Crippen LogP contribution in [-0.4, -0.2) is 10.6 Å². The lowest BCUT2D eigenvalue weighted by Gasteiger charge is -2.29. The molecule has 0 radical (unpaired) electrons. The molecule has 2 heterocycles. The number of hydrogen-bond acceptors (Lipinski definition) is 3. The van der Waals surface area contributed by atoms with Crippen LogP contribution in [0.3, 0.4) is 0 Å². The number of fused-ring (bicyclic) bond motifs is 4. The molecule has 59 heavy (non-hydrogen) atoms. The SMILES string of the molecule is C=Cc1c(/C=C\C)n(C2=CC=CCC2)c2ccc(N(c3ccccc3)c3ccc(N(c4ccccc4)c4ccc5c(c4)C4C=CC=CC4N5c4ccccc4)cc3)cc12. The largest absolute Gasteiger partial charge is 0.333 e. The summed E-state index contributed by atoms with van der Waals surface area (Å²) < 4.78 is 2.42. The van der Waals surface area contributed by atoms with Crippen molar-refractivity contribution in [3.63, 3.8) is 0 Å². The van der Waals surface area contributed by atoms with Gasteiger partial charge in [0.1, 0.15) is 0 Å². The molecule has 0 bridgehead atoms. The molecule has 1 aliphatic heterocycles. The lowest BCUT2D eigenvalue weighted by Crippen LogP contribution is -2.28. The number of para-hydroxylation sites is 3. The van der Waals surface area contributed by atoms with E-state index in [4.69, 9.17) is 0 Å². The van der Waals surface area contributed by atoms with E-state index in [1.807, 2.05) is 6.08 Å². The Morgan fingerprint density at radius 1 is 0.627 bits per heavy atom. The summed E-state index contributed by atoms with van der Waals surface area (Å²) in [6.07, 6.45) is 24.1. The average molecular weight is 763 g/mol. The van der Waals surface area contributed by atoms with Gasteiger partial charge in [-0.15, -0.1) is 0 Å². The van der Waals surface area contributed by atoms with Crippen LogP contribution in [0.2, 0.25) is 0 Å². The number of anilines is 8. The van der Waals surface area contributed by atoms with Gasteiger partial charge in [-0.1, -0.05) is 110 Å². The Bertz CT molecular complexity index is 2800. The summed E-state index contributed by atoms with van der Waals surface area (Å²) in [6.45, 7) is 6.38. The molecular formula is C55H46N4. The molecule has 6 aromatic carbocycles. The highest BCUT2D eigenvalue weighted by Gasteiger charge is 2.38. The molecule has 2 unspecified atom stereocenters. The van der Waals surface area contributed by atoms with E-state index in [0.29, 0.717) is 0 Å². The van der Waals surface area contributed by atoms with Crippen LogP contribution < -0.4 is 14.7 Å². The molecule has 1 aromatic heterocycles. The summed E-state index contributed by atoms with van der Waals surface area (Å²) in [5, 5.41) is 1.18. The second-order valence-electron chi connectivity index (χ2n) is 15.3. The molecule has 4 heteroatoms. The summed E-state index contributed by atoms with van der Waals surface area (Å²) in [5.74, 6) is 0.260. The maximum Gasteiger partial charge on any atom is 0.0629 e. The van der Waals surface area contributed by atoms with Crippen LogP contribution in [0.5, 0.6) is 0 Å². The lowest BCUT2D eigenvalue weighted by atomic mass is 9.91. The van der Waals surface area contributed by atoms with Crippen LogP contribution in [0.15, 0.2) is 207 Å². The highest BCUT2D eigenvalue weighted by Crippen LogP contribution is 2.50. The zero-order valence-electron chi connectivity index (χ0n) is 33.3. The standard InChI is InChI=1S/C55H46N4/c1-3-19-52-48(4-2)50-38-46(34-36-54(50)58(52)42-24-13-7-14-25-42)56(40-20-9-5-10-21-40)44-30-32-45(33-31-44)57(41-22-11-6-12-23-41)47-35-37-55-51(39-47)49-28-17-18-29-53(49)59(55)43-26-15-8-16-27-43/h3-13,15-24,26-39,49,53H,2,14,25H2,1H3/b19-3-. The first-order chi connectivity index (χ1) is 29.2. The van der Waals surface area contributed by atoms with Crippen molar-refractivity contribution in [2.24, 2.45) is 0 Å². The third kappa shape index (κ3) is 6.43. The van der Waals surface area contributed by atoms with Crippen molar-refractivity contribution in [1.29, 1.82) is 0 Å². The number of benzene rings is 6. The van der Waals surface area contributed by atoms with E-state index in [1.54, 1.807) is 0 Å². The molecule has 10 rings (SSSR count). The zero-order valence-corrected chi connectivity index (χ0v) is 33.3. The second-order valence-corrected chi connectivity index (χ2v) is 15.3. The normalized spacial score (nSPS) is 16.6. The fourth-order valence-corrected chi connectivity index (χ4v) is 9.24. The zero-order chi connectivity index (χ0) is 39.7. The first-order valence-corrected chi connectivity index (χ1v) is 20.6. The Balaban J connectivity index is 1.07. The van der Waals surface area contributed by atoms with E-state index >= 15 is 0 Å². The summed E-state index contributed by atoms with van der Waals surface area (Å²) in [5.41, 5.74) is 15.2. The van der Waals surface area contributed by atoms with E-state index < -0.39 is 0 Å². The van der Waals surface area contributed by atoms with Crippen molar-refractivity contribution in [2.75, 3.05) is 14.7 Å². The molecule has 2 atom stereocenters. The van der Waals surface area contributed by atoms with E-state index in [0.717, 1.165) is 52.5 Å². The van der Waals surface area contributed by atoms with Gasteiger partial charge in [-0.05, 0) is 135 Å². The van der Waals surface area contributed by atoms with Crippen molar-refractivity contribution in [2.45, 2.75) is 31.7 Å². The molecule has 0 amide bonds. The highest BCUT2D eigenvalue weighted by atomic mass is 15.2. The van der Waals surface area contributed by atoms with Gasteiger partial charge in [0.2, 0.25) is 0 Å². The second kappa shape index (κ2) is 15.6. The van der Waals surface area contributed by atoms with Gasteiger partial charge in [-0.25, -0.2) is 0 Å². The van der Waals surface area contributed by atoms with Crippen molar-refractivity contribution in [3.05, 3.63) is 224 Å². The van der Waals surface area contributed by atoms with Gasteiger partial charge in [0.05, 0.1) is 17.3 Å². The summed E-state index contributed by atoms with van der Waals surface area (Å²) in [7, 11) is 0. The third-order valence-electron chi connectivity index (χ3n) is 11.8. The number of aromatic nitrogens is 1. The number of hydrogen-bond donors (Lipinski definition) is 0. The molecular weight excluding hydrogens is 717 g/mol. The molecule has 3 aliphatic rings. The predicted molar refractivity (Wildman–Crippen MR) is 252 cm³/mol. The molecule has 2 aliphatic carbocycles. The molecule has 0 fully saturated rings. The van der Waals surface area contributed by atoms with Gasteiger partial charge in [0.25, 0.3) is 0 Å². The lowest BCUT2D eigenvalue weighted by molar-refractivity contribution is 0.745. The van der Waals surface area contributed by atoms with E-state index in [9.17, 15) is 0 Å². The quantitative estimate of drug-likeness (QED) is 0.138. The Morgan fingerprint density at radius 3 is 1.85 bits per heavy atom. The first-order valence-electron chi connectivity index (χ1n) is 20.6. The fourth-order valence-electron chi connectivity index (χ4n) is 9.24. The van der Waals surface area contributed by atoms with Crippen LogP contribution in [0.4, 0.5) is 45.5 Å². The van der Waals surface area contributed by atoms with Crippen molar-refractivity contribution in [1.82, 2.24) is 4.57 Å². The molecule has 4 nitrogen and oxygen atoms in total. The number of nitrogens with zero attached hydrogens (tertiary/aromatic N) is 4. The maximum atomic E-state index is 4.30. The van der Waals surface area contributed by atoms with E-state index in [2.05, 4.69) is 239 Å². The average Bonchev–Trinajstić information content (AvgIpc) is 3.80. The van der Waals surface area contributed by atoms with E-state index in [1.165, 1.54) is 39.2 Å². The van der Waals surface area contributed by atoms with Gasteiger partial charge in [0.15, 0.2) is 0 Å². The topological polar surface area (TPSA) is 14.7 Å². The van der Waals surface area contributed by atoms with Crippen LogP contribution in [0.25, 0.3) is 28.8 Å². The van der Waals surface area contributed by atoms with Crippen LogP contribution >= 0.6 is 0 Å². The van der Waals surface area contributed by atoms with Crippen LogP contribution in [-0.2, 0) is 0 Å². The highest BCUT2D eigenvalue weighted by molar-refractivity contribution is 5.99.